The summed E-state index contributed by atoms with van der Waals surface area (Å²) >= 11 is 3.42. The molecule has 0 amide bonds. The maximum atomic E-state index is 5.66. The van der Waals surface area contributed by atoms with Crippen LogP contribution >= 0.6 is 15.9 Å². The van der Waals surface area contributed by atoms with Crippen LogP contribution in [-0.2, 0) is 6.54 Å². The largest absolute Gasteiger partial charge is 0.325 e. The normalized spacial score (nSPS) is 10.6. The van der Waals surface area contributed by atoms with Gasteiger partial charge in [0.25, 0.3) is 0 Å². The molecule has 0 unspecified atom stereocenters. The second-order valence-corrected chi connectivity index (χ2v) is 4.13. The third kappa shape index (κ3) is 1.93. The van der Waals surface area contributed by atoms with E-state index >= 15 is 0 Å². The first kappa shape index (κ1) is 10.3. The molecule has 4 nitrogen and oxygen atoms in total. The molecule has 0 bridgehead atoms. The number of aryl methyl sites for hydroxylation is 1. The molecule has 5 heteroatoms. The molecule has 0 radical (unpaired) electrons. The molecule has 78 valence electrons. The van der Waals surface area contributed by atoms with Crippen molar-refractivity contribution < 1.29 is 0 Å². The molecule has 0 aliphatic carbocycles. The van der Waals surface area contributed by atoms with Gasteiger partial charge >= 0.3 is 0 Å². The summed E-state index contributed by atoms with van der Waals surface area (Å²) in [4.78, 5) is 0. The Morgan fingerprint density at radius 3 is 2.93 bits per heavy atom. The molecule has 0 saturated heterocycles. The number of hydrogen-bond donors (Lipinski definition) is 1. The minimum Gasteiger partial charge on any atom is -0.325 e. The van der Waals surface area contributed by atoms with E-state index in [2.05, 4.69) is 26.2 Å². The van der Waals surface area contributed by atoms with Crippen LogP contribution in [0.1, 0.15) is 11.4 Å². The van der Waals surface area contributed by atoms with E-state index in [1.807, 2.05) is 31.2 Å². The summed E-state index contributed by atoms with van der Waals surface area (Å²) in [5, 5.41) is 8.07. The fourth-order valence-corrected chi connectivity index (χ4v) is 1.81. The summed E-state index contributed by atoms with van der Waals surface area (Å²) in [5.74, 6) is 0. The van der Waals surface area contributed by atoms with Crippen molar-refractivity contribution in [2.24, 2.45) is 5.73 Å². The minimum atomic E-state index is 0.436. The lowest BCUT2D eigenvalue weighted by Gasteiger charge is -2.04. The highest BCUT2D eigenvalue weighted by atomic mass is 79.9. The highest BCUT2D eigenvalue weighted by molar-refractivity contribution is 9.10. The maximum absolute atomic E-state index is 5.66. The summed E-state index contributed by atoms with van der Waals surface area (Å²) < 4.78 is 2.77. The lowest BCUT2D eigenvalue weighted by Crippen LogP contribution is -2.07. The first-order chi connectivity index (χ1) is 7.22. The van der Waals surface area contributed by atoms with E-state index in [0.717, 1.165) is 21.5 Å². The van der Waals surface area contributed by atoms with Crippen molar-refractivity contribution >= 4 is 15.9 Å². The topological polar surface area (TPSA) is 56.7 Å². The molecular formula is C10H11BrN4. The van der Waals surface area contributed by atoms with Gasteiger partial charge in [0.05, 0.1) is 17.1 Å². The number of hydrogen-bond acceptors (Lipinski definition) is 3. The van der Waals surface area contributed by atoms with Gasteiger partial charge in [0.2, 0.25) is 0 Å². The van der Waals surface area contributed by atoms with Crippen LogP contribution in [0, 0.1) is 6.92 Å². The van der Waals surface area contributed by atoms with Gasteiger partial charge in [-0.3, -0.25) is 0 Å². The molecule has 1 aromatic carbocycles. The summed E-state index contributed by atoms with van der Waals surface area (Å²) in [5.41, 5.74) is 8.43. The van der Waals surface area contributed by atoms with E-state index in [1.54, 1.807) is 4.68 Å². The van der Waals surface area contributed by atoms with Gasteiger partial charge in [-0.2, -0.15) is 0 Å². The van der Waals surface area contributed by atoms with Gasteiger partial charge in [0.1, 0.15) is 0 Å². The van der Waals surface area contributed by atoms with E-state index in [-0.39, 0.29) is 0 Å². The van der Waals surface area contributed by atoms with Crippen molar-refractivity contribution in [3.05, 3.63) is 40.1 Å². The average molecular weight is 267 g/mol. The smallest absolute Gasteiger partial charge is 0.0846 e. The number of nitrogens with zero attached hydrogens (tertiary/aromatic N) is 3. The van der Waals surface area contributed by atoms with Crippen LogP contribution in [-0.4, -0.2) is 15.0 Å². The van der Waals surface area contributed by atoms with Crippen LogP contribution in [0.2, 0.25) is 0 Å². The Kier molecular flexibility index (Phi) is 2.83. The molecule has 0 saturated carbocycles. The zero-order valence-corrected chi connectivity index (χ0v) is 9.90. The highest BCUT2D eigenvalue weighted by Gasteiger charge is 2.08. The molecule has 1 heterocycles. The van der Waals surface area contributed by atoms with Gasteiger partial charge in [-0.25, -0.2) is 4.68 Å². The van der Waals surface area contributed by atoms with E-state index in [9.17, 15) is 0 Å². The Bertz CT molecular complexity index is 478. The summed E-state index contributed by atoms with van der Waals surface area (Å²) in [6.45, 7) is 2.34. The molecule has 0 spiro atoms. The SMILES string of the molecule is Cc1nnn(-c2cccc(Br)c2)c1CN. The van der Waals surface area contributed by atoms with Crippen LogP contribution in [0.5, 0.6) is 0 Å². The number of aromatic nitrogens is 3. The third-order valence-electron chi connectivity index (χ3n) is 2.20. The van der Waals surface area contributed by atoms with Crippen LogP contribution in [0.4, 0.5) is 0 Å². The van der Waals surface area contributed by atoms with Gasteiger partial charge in [-0.05, 0) is 25.1 Å². The molecule has 0 atom stereocenters. The number of rotatable bonds is 2. The maximum Gasteiger partial charge on any atom is 0.0846 e. The Balaban J connectivity index is 2.54. The van der Waals surface area contributed by atoms with Gasteiger partial charge in [0, 0.05) is 11.0 Å². The van der Waals surface area contributed by atoms with Crippen LogP contribution in [0.25, 0.3) is 5.69 Å². The fourth-order valence-electron chi connectivity index (χ4n) is 1.43. The fraction of sp³-hybridized carbons (Fsp3) is 0.200. The predicted octanol–water partition coefficient (Wildman–Crippen LogP) is 1.80. The van der Waals surface area contributed by atoms with E-state index in [1.165, 1.54) is 0 Å². The van der Waals surface area contributed by atoms with Gasteiger partial charge in [0.15, 0.2) is 0 Å². The standard InChI is InChI=1S/C10H11BrN4/c1-7-10(6-12)15(14-13-7)9-4-2-3-8(11)5-9/h2-5H,6,12H2,1H3. The molecule has 2 aromatic rings. The molecule has 0 fully saturated rings. The lowest BCUT2D eigenvalue weighted by atomic mass is 10.3. The van der Waals surface area contributed by atoms with E-state index in [4.69, 9.17) is 5.73 Å². The molecule has 1 aromatic heterocycles. The summed E-state index contributed by atoms with van der Waals surface area (Å²) in [6.07, 6.45) is 0. The molecule has 15 heavy (non-hydrogen) atoms. The Hall–Kier alpha value is -1.20. The van der Waals surface area contributed by atoms with Crippen molar-refractivity contribution in [2.45, 2.75) is 13.5 Å². The molecule has 2 N–H and O–H groups in total. The van der Waals surface area contributed by atoms with Gasteiger partial charge in [-0.15, -0.1) is 5.10 Å². The van der Waals surface area contributed by atoms with Crippen LogP contribution in [0.3, 0.4) is 0 Å². The van der Waals surface area contributed by atoms with E-state index in [0.29, 0.717) is 6.54 Å². The monoisotopic (exact) mass is 266 g/mol. The van der Waals surface area contributed by atoms with Crippen molar-refractivity contribution in [1.29, 1.82) is 0 Å². The summed E-state index contributed by atoms with van der Waals surface area (Å²) in [7, 11) is 0. The molecule has 2 rings (SSSR count). The second kappa shape index (κ2) is 4.12. The Morgan fingerprint density at radius 2 is 2.27 bits per heavy atom. The zero-order chi connectivity index (χ0) is 10.8. The van der Waals surface area contributed by atoms with Crippen molar-refractivity contribution in [3.8, 4) is 5.69 Å². The van der Waals surface area contributed by atoms with Gasteiger partial charge in [-0.1, -0.05) is 27.2 Å². The number of nitrogens with two attached hydrogens (primary N) is 1. The van der Waals surface area contributed by atoms with Crippen molar-refractivity contribution in [1.82, 2.24) is 15.0 Å². The first-order valence-electron chi connectivity index (χ1n) is 4.59. The summed E-state index contributed by atoms with van der Waals surface area (Å²) in [6, 6.07) is 7.87. The number of halogens is 1. The molecular weight excluding hydrogens is 256 g/mol. The molecule has 0 aliphatic heterocycles. The Labute approximate surface area is 96.2 Å². The van der Waals surface area contributed by atoms with Crippen molar-refractivity contribution in [3.63, 3.8) is 0 Å². The molecule has 0 aliphatic rings. The highest BCUT2D eigenvalue weighted by Crippen LogP contribution is 2.16. The number of benzene rings is 1. The second-order valence-electron chi connectivity index (χ2n) is 3.22. The van der Waals surface area contributed by atoms with E-state index < -0.39 is 0 Å². The van der Waals surface area contributed by atoms with Crippen molar-refractivity contribution in [2.75, 3.05) is 0 Å². The Morgan fingerprint density at radius 1 is 1.47 bits per heavy atom. The quantitative estimate of drug-likeness (QED) is 0.902. The van der Waals surface area contributed by atoms with Crippen LogP contribution in [0.15, 0.2) is 28.7 Å². The zero-order valence-electron chi connectivity index (χ0n) is 8.31. The third-order valence-corrected chi connectivity index (χ3v) is 2.70. The lowest BCUT2D eigenvalue weighted by molar-refractivity contribution is 0.761. The minimum absolute atomic E-state index is 0.436. The van der Waals surface area contributed by atoms with Crippen LogP contribution < -0.4 is 5.73 Å². The first-order valence-corrected chi connectivity index (χ1v) is 5.39. The van der Waals surface area contributed by atoms with Gasteiger partial charge < -0.3 is 5.73 Å². The average Bonchev–Trinajstić information content (AvgIpc) is 2.59. The predicted molar refractivity (Wildman–Crippen MR) is 61.7 cm³/mol.